The van der Waals surface area contributed by atoms with Crippen LogP contribution in [0.3, 0.4) is 0 Å². The fourth-order valence-electron chi connectivity index (χ4n) is 2.83. The zero-order valence-corrected chi connectivity index (χ0v) is 16.8. The van der Waals surface area contributed by atoms with Crippen molar-refractivity contribution in [3.05, 3.63) is 56.5 Å². The van der Waals surface area contributed by atoms with Gasteiger partial charge in [0.25, 0.3) is 0 Å². The molecule has 4 nitrogen and oxygen atoms in total. The van der Waals surface area contributed by atoms with Crippen LogP contribution in [0.25, 0.3) is 0 Å². The zero-order chi connectivity index (χ0) is 18.7. The Hall–Kier alpha value is -1.17. The predicted octanol–water partition coefficient (Wildman–Crippen LogP) is 5.06. The van der Waals surface area contributed by atoms with E-state index in [4.69, 9.17) is 46.4 Å². The molecule has 3 rings (SSSR count). The molecule has 1 heterocycles. The van der Waals surface area contributed by atoms with Crippen molar-refractivity contribution in [2.45, 2.75) is 0 Å². The molecule has 0 atom stereocenters. The minimum Gasteiger partial charge on any atom is -0.369 e. The standard InChI is InChI=1S/C18H17Cl4N3O/c19-12-1-4-17(16(22)9-12)23-18(26)11-24-5-7-25(8-6-24)13-2-3-14(20)15(21)10-13/h1-4,9-10H,5-8,11H2,(H,23,26). The molecular weight excluding hydrogens is 416 g/mol. The maximum Gasteiger partial charge on any atom is 0.238 e. The third-order valence-electron chi connectivity index (χ3n) is 4.21. The van der Waals surface area contributed by atoms with Crippen molar-refractivity contribution < 1.29 is 4.79 Å². The second-order valence-corrected chi connectivity index (χ2v) is 7.69. The highest BCUT2D eigenvalue weighted by atomic mass is 35.5. The Kier molecular flexibility index (Phi) is 6.54. The summed E-state index contributed by atoms with van der Waals surface area (Å²) in [5, 5.41) is 4.88. The van der Waals surface area contributed by atoms with Crippen molar-refractivity contribution in [2.75, 3.05) is 42.9 Å². The second-order valence-electron chi connectivity index (χ2n) is 6.03. The second kappa shape index (κ2) is 8.68. The number of hydrogen-bond donors (Lipinski definition) is 1. The van der Waals surface area contributed by atoms with Crippen LogP contribution in [0, 0.1) is 0 Å². The van der Waals surface area contributed by atoms with Gasteiger partial charge in [-0.05, 0) is 36.4 Å². The largest absolute Gasteiger partial charge is 0.369 e. The summed E-state index contributed by atoms with van der Waals surface area (Å²) in [6, 6.07) is 10.6. The van der Waals surface area contributed by atoms with E-state index in [-0.39, 0.29) is 5.91 Å². The smallest absolute Gasteiger partial charge is 0.238 e. The highest BCUT2D eigenvalue weighted by Gasteiger charge is 2.20. The fourth-order valence-corrected chi connectivity index (χ4v) is 3.58. The third kappa shape index (κ3) is 4.96. The van der Waals surface area contributed by atoms with Gasteiger partial charge in [0.1, 0.15) is 0 Å². The van der Waals surface area contributed by atoms with Gasteiger partial charge in [-0.25, -0.2) is 0 Å². The molecule has 0 radical (unpaired) electrons. The molecule has 1 amide bonds. The Morgan fingerprint density at radius 2 is 1.62 bits per heavy atom. The number of amides is 1. The van der Waals surface area contributed by atoms with Crippen molar-refractivity contribution in [3.63, 3.8) is 0 Å². The third-order valence-corrected chi connectivity index (χ3v) is 5.50. The Bertz CT molecular complexity index is 807. The van der Waals surface area contributed by atoms with E-state index in [1.165, 1.54) is 0 Å². The molecular formula is C18H17Cl4N3O. The van der Waals surface area contributed by atoms with Crippen molar-refractivity contribution >= 4 is 63.7 Å². The summed E-state index contributed by atoms with van der Waals surface area (Å²) >= 11 is 24.0. The monoisotopic (exact) mass is 431 g/mol. The van der Waals surface area contributed by atoms with Gasteiger partial charge in [-0.15, -0.1) is 0 Å². The maximum atomic E-state index is 12.3. The van der Waals surface area contributed by atoms with Crippen molar-refractivity contribution in [1.29, 1.82) is 0 Å². The van der Waals surface area contributed by atoms with Crippen molar-refractivity contribution in [3.8, 4) is 0 Å². The van der Waals surface area contributed by atoms with E-state index in [1.807, 2.05) is 12.1 Å². The zero-order valence-electron chi connectivity index (χ0n) is 13.8. The number of carbonyl (C=O) groups excluding carboxylic acids is 1. The molecule has 8 heteroatoms. The highest BCUT2D eigenvalue weighted by Crippen LogP contribution is 2.28. The molecule has 0 aliphatic carbocycles. The number of piperazine rings is 1. The number of carbonyl (C=O) groups is 1. The number of nitrogens with one attached hydrogen (secondary N) is 1. The molecule has 2 aromatic rings. The molecule has 1 aliphatic heterocycles. The van der Waals surface area contributed by atoms with E-state index in [1.54, 1.807) is 24.3 Å². The maximum absolute atomic E-state index is 12.3. The van der Waals surface area contributed by atoms with Crippen molar-refractivity contribution in [1.82, 2.24) is 4.90 Å². The van der Waals surface area contributed by atoms with Crippen LogP contribution in [-0.4, -0.2) is 43.5 Å². The van der Waals surface area contributed by atoms with Gasteiger partial charge in [0.15, 0.2) is 0 Å². The number of anilines is 2. The van der Waals surface area contributed by atoms with Gasteiger partial charge in [-0.1, -0.05) is 46.4 Å². The summed E-state index contributed by atoms with van der Waals surface area (Å²) in [7, 11) is 0. The van der Waals surface area contributed by atoms with E-state index in [2.05, 4.69) is 15.1 Å². The first kappa shape index (κ1) is 19.6. The summed E-state index contributed by atoms with van der Waals surface area (Å²) in [5.41, 5.74) is 1.60. The molecule has 1 N–H and O–H groups in total. The van der Waals surface area contributed by atoms with E-state index < -0.39 is 0 Å². The number of hydrogen-bond acceptors (Lipinski definition) is 3. The lowest BCUT2D eigenvalue weighted by Crippen LogP contribution is -2.48. The summed E-state index contributed by atoms with van der Waals surface area (Å²) < 4.78 is 0. The summed E-state index contributed by atoms with van der Waals surface area (Å²) in [5.74, 6) is -0.0998. The topological polar surface area (TPSA) is 35.6 Å². The molecule has 26 heavy (non-hydrogen) atoms. The van der Waals surface area contributed by atoms with Crippen LogP contribution < -0.4 is 10.2 Å². The molecule has 1 fully saturated rings. The van der Waals surface area contributed by atoms with Gasteiger partial charge in [0.05, 0.1) is 27.3 Å². The van der Waals surface area contributed by atoms with E-state index in [0.717, 1.165) is 31.9 Å². The fraction of sp³-hybridized carbons (Fsp3) is 0.278. The lowest BCUT2D eigenvalue weighted by Gasteiger charge is -2.35. The van der Waals surface area contributed by atoms with Gasteiger partial charge >= 0.3 is 0 Å². The van der Waals surface area contributed by atoms with Gasteiger partial charge < -0.3 is 10.2 Å². The van der Waals surface area contributed by atoms with Crippen LogP contribution in [0.5, 0.6) is 0 Å². The van der Waals surface area contributed by atoms with E-state index in [0.29, 0.717) is 32.3 Å². The summed E-state index contributed by atoms with van der Waals surface area (Å²) in [6.07, 6.45) is 0. The lowest BCUT2D eigenvalue weighted by atomic mass is 10.2. The number of nitrogens with zero attached hydrogens (tertiary/aromatic N) is 2. The summed E-state index contributed by atoms with van der Waals surface area (Å²) in [4.78, 5) is 16.6. The van der Waals surface area contributed by atoms with Crippen LogP contribution in [-0.2, 0) is 4.79 Å². The molecule has 0 spiro atoms. The number of halogens is 4. The van der Waals surface area contributed by atoms with Gasteiger partial charge in [0.2, 0.25) is 5.91 Å². The van der Waals surface area contributed by atoms with Crippen LogP contribution in [0.2, 0.25) is 20.1 Å². The Labute approximate surface area is 172 Å². The average molecular weight is 433 g/mol. The van der Waals surface area contributed by atoms with Crippen LogP contribution in [0.1, 0.15) is 0 Å². The molecule has 1 aliphatic rings. The van der Waals surface area contributed by atoms with Crippen LogP contribution in [0.15, 0.2) is 36.4 Å². The van der Waals surface area contributed by atoms with Crippen molar-refractivity contribution in [2.24, 2.45) is 0 Å². The van der Waals surface area contributed by atoms with Crippen LogP contribution in [0.4, 0.5) is 11.4 Å². The average Bonchev–Trinajstić information content (AvgIpc) is 2.60. The number of rotatable bonds is 4. The lowest BCUT2D eigenvalue weighted by molar-refractivity contribution is -0.117. The molecule has 0 bridgehead atoms. The van der Waals surface area contributed by atoms with Gasteiger partial charge in [0, 0.05) is 36.9 Å². The molecule has 0 unspecified atom stereocenters. The predicted molar refractivity (Wildman–Crippen MR) is 110 cm³/mol. The highest BCUT2D eigenvalue weighted by molar-refractivity contribution is 6.42. The molecule has 0 aromatic heterocycles. The van der Waals surface area contributed by atoms with Gasteiger partial charge in [-0.3, -0.25) is 9.69 Å². The SMILES string of the molecule is O=C(CN1CCN(c2ccc(Cl)c(Cl)c2)CC1)Nc1ccc(Cl)cc1Cl. The van der Waals surface area contributed by atoms with E-state index >= 15 is 0 Å². The minimum absolute atomic E-state index is 0.0998. The first-order valence-corrected chi connectivity index (χ1v) is 9.61. The molecule has 2 aromatic carbocycles. The first-order valence-electron chi connectivity index (χ1n) is 8.09. The Morgan fingerprint density at radius 3 is 2.27 bits per heavy atom. The van der Waals surface area contributed by atoms with E-state index in [9.17, 15) is 4.79 Å². The quantitative estimate of drug-likeness (QED) is 0.733. The Balaban J connectivity index is 1.51. The van der Waals surface area contributed by atoms with Crippen LogP contribution >= 0.6 is 46.4 Å². The Morgan fingerprint density at radius 1 is 0.885 bits per heavy atom. The molecule has 0 saturated carbocycles. The normalized spacial score (nSPS) is 15.2. The van der Waals surface area contributed by atoms with Gasteiger partial charge in [-0.2, -0.15) is 0 Å². The minimum atomic E-state index is -0.0998. The first-order chi connectivity index (χ1) is 12.4. The number of benzene rings is 2. The molecule has 138 valence electrons. The molecule has 1 saturated heterocycles. The summed E-state index contributed by atoms with van der Waals surface area (Å²) in [6.45, 7) is 3.50.